The Morgan fingerprint density at radius 1 is 0.953 bits per heavy atom. The van der Waals surface area contributed by atoms with Crippen LogP contribution in [0.5, 0.6) is 11.5 Å². The molecule has 11 nitrogen and oxygen atoms in total. The van der Waals surface area contributed by atoms with E-state index in [0.717, 1.165) is 16.7 Å². The molecular weight excluding hydrogens is 552 g/mol. The number of aliphatic hydroxyl groups is 1. The van der Waals surface area contributed by atoms with Crippen LogP contribution < -0.4 is 25.8 Å². The number of rotatable bonds is 10. The topological polar surface area (TPSA) is 133 Å². The van der Waals surface area contributed by atoms with E-state index in [1.807, 2.05) is 78.9 Å². The van der Waals surface area contributed by atoms with Crippen molar-refractivity contribution in [3.63, 3.8) is 0 Å². The highest BCUT2D eigenvalue weighted by Gasteiger charge is 2.42. The molecule has 0 spiro atoms. The lowest BCUT2D eigenvalue weighted by atomic mass is 9.80. The maximum absolute atomic E-state index is 12.8. The summed E-state index contributed by atoms with van der Waals surface area (Å²) < 4.78 is 25.1. The molecule has 2 amide bonds. The van der Waals surface area contributed by atoms with Crippen LogP contribution in [-0.2, 0) is 15.1 Å². The van der Waals surface area contributed by atoms with Gasteiger partial charge in [0, 0.05) is 19.7 Å². The largest absolute Gasteiger partial charge is 0.497 e. The van der Waals surface area contributed by atoms with Crippen molar-refractivity contribution in [2.24, 2.45) is 0 Å². The Morgan fingerprint density at radius 2 is 1.53 bits per heavy atom. The Hall–Kier alpha value is -4.71. The Bertz CT molecular complexity index is 1530. The number of anilines is 1. The van der Waals surface area contributed by atoms with Crippen LogP contribution in [0.1, 0.15) is 29.3 Å². The number of aromatic nitrogens is 2. The van der Waals surface area contributed by atoms with Gasteiger partial charge in [0.25, 0.3) is 0 Å². The first-order valence-corrected chi connectivity index (χ1v) is 13.8. The molecule has 1 saturated heterocycles. The minimum Gasteiger partial charge on any atom is -0.497 e. The van der Waals surface area contributed by atoms with Crippen molar-refractivity contribution in [1.29, 1.82) is 0 Å². The predicted molar refractivity (Wildman–Crippen MR) is 159 cm³/mol. The van der Waals surface area contributed by atoms with Crippen molar-refractivity contribution < 1.29 is 28.8 Å². The average molecular weight is 587 g/mol. The van der Waals surface area contributed by atoms with E-state index >= 15 is 0 Å². The van der Waals surface area contributed by atoms with E-state index in [9.17, 15) is 14.7 Å². The van der Waals surface area contributed by atoms with Crippen LogP contribution in [0.15, 0.2) is 95.9 Å². The highest BCUT2D eigenvalue weighted by Crippen LogP contribution is 2.42. The van der Waals surface area contributed by atoms with Crippen molar-refractivity contribution in [2.45, 2.75) is 30.5 Å². The zero-order valence-corrected chi connectivity index (χ0v) is 24.1. The first kappa shape index (κ1) is 29.8. The number of nitrogens with one attached hydrogen (secondary N) is 2. The summed E-state index contributed by atoms with van der Waals surface area (Å²) in [5.74, 6) is 1.51. The van der Waals surface area contributed by atoms with E-state index in [4.69, 9.17) is 18.9 Å². The Balaban J connectivity index is 1.47. The first-order chi connectivity index (χ1) is 20.9. The quantitative estimate of drug-likeness (QED) is 0.240. The summed E-state index contributed by atoms with van der Waals surface area (Å²) in [5.41, 5.74) is 0.838. The molecule has 43 heavy (non-hydrogen) atoms. The number of hydrogen-bond acceptors (Lipinski definition) is 8. The summed E-state index contributed by atoms with van der Waals surface area (Å²) in [6, 6.07) is 26.1. The van der Waals surface area contributed by atoms with Gasteiger partial charge < -0.3 is 29.4 Å². The second kappa shape index (κ2) is 13.1. The number of carbonyl (C=O) groups excluding carboxylic acids is 1. The summed E-state index contributed by atoms with van der Waals surface area (Å²) >= 11 is 0. The molecule has 0 unspecified atom stereocenters. The van der Waals surface area contributed by atoms with Gasteiger partial charge in [0.2, 0.25) is 0 Å². The molecule has 2 heterocycles. The summed E-state index contributed by atoms with van der Waals surface area (Å²) in [4.78, 5) is 28.3. The van der Waals surface area contributed by atoms with Crippen molar-refractivity contribution in [3.05, 3.63) is 118 Å². The Labute approximate surface area is 249 Å². The fourth-order valence-corrected chi connectivity index (χ4v) is 5.20. The molecule has 4 aromatic rings. The van der Waals surface area contributed by atoms with E-state index < -0.39 is 35.8 Å². The summed E-state index contributed by atoms with van der Waals surface area (Å²) in [6.07, 6.45) is -0.808. The highest BCUT2D eigenvalue weighted by molar-refractivity contribution is 5.87. The number of methoxy groups -OCH3 is 2. The molecule has 1 aliphatic heterocycles. The van der Waals surface area contributed by atoms with Gasteiger partial charge in [-0.25, -0.2) is 9.59 Å². The van der Waals surface area contributed by atoms with Gasteiger partial charge >= 0.3 is 11.7 Å². The molecule has 224 valence electrons. The number of nitrogens with zero attached hydrogens (tertiary/aromatic N) is 2. The maximum Gasteiger partial charge on any atom is 0.351 e. The SMILES string of the molecule is CNC(=O)Nc1ccn([C@H]2C[C@H](O)[C@@H](COC(c3ccccc3)(c3ccc(OC)cc3)c3ccc(OC)cc3)O2)c(=O)n1. The summed E-state index contributed by atoms with van der Waals surface area (Å²) in [6.45, 7) is 0.00308. The fourth-order valence-electron chi connectivity index (χ4n) is 5.20. The lowest BCUT2D eigenvalue weighted by Gasteiger charge is -2.37. The molecule has 0 bridgehead atoms. The molecule has 3 aromatic carbocycles. The first-order valence-electron chi connectivity index (χ1n) is 13.8. The molecule has 1 fully saturated rings. The zero-order valence-electron chi connectivity index (χ0n) is 24.1. The summed E-state index contributed by atoms with van der Waals surface area (Å²) in [5, 5.41) is 15.9. The van der Waals surface area contributed by atoms with Crippen LogP contribution in [0, 0.1) is 0 Å². The van der Waals surface area contributed by atoms with Gasteiger partial charge in [-0.1, -0.05) is 54.6 Å². The number of hydrogen-bond donors (Lipinski definition) is 3. The van der Waals surface area contributed by atoms with Crippen molar-refractivity contribution in [3.8, 4) is 11.5 Å². The molecule has 5 rings (SSSR count). The van der Waals surface area contributed by atoms with Crippen LogP contribution in [-0.4, -0.2) is 60.8 Å². The Morgan fingerprint density at radius 3 is 2.07 bits per heavy atom. The zero-order chi connectivity index (χ0) is 30.4. The predicted octanol–water partition coefficient (Wildman–Crippen LogP) is 3.67. The molecule has 0 aliphatic carbocycles. The average Bonchev–Trinajstić information content (AvgIpc) is 3.42. The smallest absolute Gasteiger partial charge is 0.351 e. The van der Waals surface area contributed by atoms with Crippen molar-refractivity contribution in [1.82, 2.24) is 14.9 Å². The summed E-state index contributed by atoms with van der Waals surface area (Å²) in [7, 11) is 4.69. The van der Waals surface area contributed by atoms with Gasteiger partial charge in [0.15, 0.2) is 0 Å². The van der Waals surface area contributed by atoms with Crippen LogP contribution in [0.4, 0.5) is 10.6 Å². The van der Waals surface area contributed by atoms with E-state index in [0.29, 0.717) is 11.5 Å². The number of benzene rings is 3. The maximum atomic E-state index is 12.8. The number of aliphatic hydroxyl groups excluding tert-OH is 1. The number of ether oxygens (including phenoxy) is 4. The minimum atomic E-state index is -1.09. The van der Waals surface area contributed by atoms with Crippen LogP contribution >= 0.6 is 0 Å². The van der Waals surface area contributed by atoms with Gasteiger partial charge in [-0.2, -0.15) is 4.98 Å². The van der Waals surface area contributed by atoms with Crippen molar-refractivity contribution >= 4 is 11.8 Å². The third kappa shape index (κ3) is 6.24. The normalized spacial score (nSPS) is 18.2. The second-order valence-electron chi connectivity index (χ2n) is 9.95. The van der Waals surface area contributed by atoms with E-state index in [1.54, 1.807) is 14.2 Å². The number of carbonyl (C=O) groups is 1. The molecule has 1 aliphatic rings. The molecule has 0 saturated carbocycles. The van der Waals surface area contributed by atoms with Gasteiger partial charge in [0.1, 0.15) is 35.2 Å². The van der Waals surface area contributed by atoms with Gasteiger partial charge in [-0.3, -0.25) is 9.88 Å². The van der Waals surface area contributed by atoms with Crippen LogP contribution in [0.25, 0.3) is 0 Å². The van der Waals surface area contributed by atoms with Crippen molar-refractivity contribution in [2.75, 3.05) is 33.2 Å². The molecule has 11 heteroatoms. The lowest BCUT2D eigenvalue weighted by molar-refractivity contribution is -0.0944. The second-order valence-corrected chi connectivity index (χ2v) is 9.95. The number of urea groups is 1. The van der Waals surface area contributed by atoms with E-state index in [2.05, 4.69) is 15.6 Å². The molecule has 1 aromatic heterocycles. The number of amides is 2. The minimum absolute atomic E-state index is 0.00308. The monoisotopic (exact) mass is 586 g/mol. The van der Waals surface area contributed by atoms with Gasteiger partial charge in [-0.15, -0.1) is 0 Å². The van der Waals surface area contributed by atoms with Crippen LogP contribution in [0.3, 0.4) is 0 Å². The van der Waals surface area contributed by atoms with E-state index in [-0.39, 0.29) is 18.8 Å². The third-order valence-corrected chi connectivity index (χ3v) is 7.45. The fraction of sp³-hybridized carbons (Fsp3) is 0.281. The molecule has 3 N–H and O–H groups in total. The molecular formula is C32H34N4O7. The van der Waals surface area contributed by atoms with Gasteiger partial charge in [0.05, 0.1) is 26.9 Å². The molecule has 3 atom stereocenters. The standard InChI is InChI=1S/C32H34N4O7/c1-33-30(38)34-28-17-18-36(31(39)35-28)29-19-26(37)27(43-29)20-42-32(21-7-5-4-6-8-21,22-9-13-24(40-2)14-10-22)23-11-15-25(41-3)16-12-23/h4-18,26-27,29,37H,19-20H2,1-3H3,(H2,33,34,35,38,39)/t26-,27+,29+/m0/s1. The Kier molecular flexibility index (Phi) is 9.05. The highest BCUT2D eigenvalue weighted by atomic mass is 16.6. The van der Waals surface area contributed by atoms with Crippen LogP contribution in [0.2, 0.25) is 0 Å². The van der Waals surface area contributed by atoms with Gasteiger partial charge in [-0.05, 0) is 47.0 Å². The third-order valence-electron chi connectivity index (χ3n) is 7.45. The lowest BCUT2D eigenvalue weighted by Crippen LogP contribution is -2.38. The van der Waals surface area contributed by atoms with E-state index in [1.165, 1.54) is 23.9 Å². The molecule has 0 radical (unpaired) electrons.